The maximum atomic E-state index is 12.8. The molecule has 6 heteroatoms. The highest BCUT2D eigenvalue weighted by Crippen LogP contribution is 2.33. The molecule has 142 valence electrons. The van der Waals surface area contributed by atoms with Crippen molar-refractivity contribution in [3.8, 4) is 0 Å². The first-order chi connectivity index (χ1) is 12.7. The number of hydrogen-bond acceptors (Lipinski definition) is 4. The second kappa shape index (κ2) is 7.82. The van der Waals surface area contributed by atoms with Crippen LogP contribution in [-0.2, 0) is 16.1 Å². The van der Waals surface area contributed by atoms with Crippen LogP contribution in [0.4, 0.5) is 0 Å². The van der Waals surface area contributed by atoms with Gasteiger partial charge in [-0.15, -0.1) is 0 Å². The second-order valence-electron chi connectivity index (χ2n) is 7.96. The van der Waals surface area contributed by atoms with E-state index in [2.05, 4.69) is 10.2 Å². The van der Waals surface area contributed by atoms with Gasteiger partial charge in [0.1, 0.15) is 11.8 Å². The van der Waals surface area contributed by atoms with Crippen LogP contribution in [0.25, 0.3) is 0 Å². The highest BCUT2D eigenvalue weighted by Gasteiger charge is 2.40. The lowest BCUT2D eigenvalue weighted by Gasteiger charge is -2.37. The molecule has 1 atom stereocenters. The fourth-order valence-corrected chi connectivity index (χ4v) is 4.19. The van der Waals surface area contributed by atoms with Crippen LogP contribution < -0.4 is 5.32 Å². The zero-order valence-corrected chi connectivity index (χ0v) is 15.4. The maximum Gasteiger partial charge on any atom is 0.243 e. The third-order valence-corrected chi connectivity index (χ3v) is 5.91. The second-order valence-corrected chi connectivity index (χ2v) is 7.96. The van der Waals surface area contributed by atoms with Gasteiger partial charge in [-0.2, -0.15) is 0 Å². The Hall–Kier alpha value is -1.82. The molecule has 0 spiro atoms. The molecule has 1 N–H and O–H groups in total. The molecule has 2 saturated heterocycles. The highest BCUT2D eigenvalue weighted by molar-refractivity contribution is 5.89. The first kappa shape index (κ1) is 17.6. The molecule has 0 radical (unpaired) electrons. The van der Waals surface area contributed by atoms with Gasteiger partial charge in [-0.05, 0) is 57.1 Å². The topological polar surface area (TPSA) is 65.8 Å². The number of nitrogens with zero attached hydrogens (tertiary/aromatic N) is 2. The average molecular weight is 359 g/mol. The van der Waals surface area contributed by atoms with Crippen LogP contribution in [0.2, 0.25) is 0 Å². The van der Waals surface area contributed by atoms with Gasteiger partial charge in [0.15, 0.2) is 0 Å². The summed E-state index contributed by atoms with van der Waals surface area (Å²) in [5, 5.41) is 3.23. The van der Waals surface area contributed by atoms with E-state index in [4.69, 9.17) is 4.42 Å². The molecule has 4 rings (SSSR count). The maximum absolute atomic E-state index is 12.8. The van der Waals surface area contributed by atoms with Gasteiger partial charge in [0, 0.05) is 31.6 Å². The molecule has 6 nitrogen and oxygen atoms in total. The number of rotatable bonds is 5. The Morgan fingerprint density at radius 2 is 1.88 bits per heavy atom. The molecule has 2 aliphatic heterocycles. The molecule has 1 unspecified atom stereocenters. The molecule has 3 aliphatic rings. The summed E-state index contributed by atoms with van der Waals surface area (Å²) in [7, 11) is 0. The van der Waals surface area contributed by atoms with Crippen LogP contribution in [0.5, 0.6) is 0 Å². The minimum atomic E-state index is -0.252. The summed E-state index contributed by atoms with van der Waals surface area (Å²) >= 11 is 0. The average Bonchev–Trinajstić information content (AvgIpc) is 3.40. The van der Waals surface area contributed by atoms with Gasteiger partial charge in [-0.3, -0.25) is 14.5 Å². The molecule has 0 bridgehead atoms. The number of carbonyl (C=O) groups excluding carboxylic acids is 2. The van der Waals surface area contributed by atoms with Crippen LogP contribution in [0, 0.1) is 5.92 Å². The molecular formula is C20H29N3O3. The van der Waals surface area contributed by atoms with E-state index in [1.165, 1.54) is 0 Å². The van der Waals surface area contributed by atoms with Gasteiger partial charge in [0.25, 0.3) is 0 Å². The molecule has 2 amide bonds. The molecule has 1 saturated carbocycles. The Bertz CT molecular complexity index is 618. The standard InChI is InChI=1S/C20H29N3O3/c24-19(18-5-1-2-10-23(18)20(25)15-6-7-15)21-16-8-11-22(12-9-16)14-17-4-3-13-26-17/h3-4,13,15-16,18H,1-2,5-12,14H2,(H,21,24). The minimum absolute atomic E-state index is 0.0585. The zero-order valence-electron chi connectivity index (χ0n) is 15.4. The number of furan rings is 1. The lowest BCUT2D eigenvalue weighted by atomic mass is 9.99. The quantitative estimate of drug-likeness (QED) is 0.875. The minimum Gasteiger partial charge on any atom is -0.468 e. The van der Waals surface area contributed by atoms with Gasteiger partial charge in [-0.25, -0.2) is 0 Å². The third kappa shape index (κ3) is 4.11. The van der Waals surface area contributed by atoms with E-state index in [-0.39, 0.29) is 29.8 Å². The summed E-state index contributed by atoms with van der Waals surface area (Å²) in [6.07, 6.45) is 8.48. The molecule has 0 aromatic carbocycles. The Balaban J connectivity index is 1.27. The van der Waals surface area contributed by atoms with Crippen molar-refractivity contribution < 1.29 is 14.0 Å². The van der Waals surface area contributed by atoms with Gasteiger partial charge >= 0.3 is 0 Å². The van der Waals surface area contributed by atoms with Gasteiger partial charge in [0.05, 0.1) is 12.8 Å². The van der Waals surface area contributed by atoms with Crippen molar-refractivity contribution in [3.63, 3.8) is 0 Å². The normalized spacial score (nSPS) is 25.2. The van der Waals surface area contributed by atoms with E-state index in [0.717, 1.165) is 76.9 Å². The van der Waals surface area contributed by atoms with Gasteiger partial charge in [-0.1, -0.05) is 0 Å². The summed E-state index contributed by atoms with van der Waals surface area (Å²) in [5.74, 6) is 1.44. The zero-order chi connectivity index (χ0) is 17.9. The first-order valence-electron chi connectivity index (χ1n) is 10.1. The van der Waals surface area contributed by atoms with Crippen LogP contribution in [0.15, 0.2) is 22.8 Å². The predicted octanol–water partition coefficient (Wildman–Crippen LogP) is 2.15. The number of carbonyl (C=O) groups is 2. The van der Waals surface area contributed by atoms with Crippen LogP contribution in [-0.4, -0.2) is 53.3 Å². The number of nitrogens with one attached hydrogen (secondary N) is 1. The van der Waals surface area contributed by atoms with E-state index < -0.39 is 0 Å². The van der Waals surface area contributed by atoms with Crippen molar-refractivity contribution >= 4 is 11.8 Å². The first-order valence-corrected chi connectivity index (χ1v) is 10.1. The molecule has 3 fully saturated rings. The van der Waals surface area contributed by atoms with E-state index >= 15 is 0 Å². The van der Waals surface area contributed by atoms with E-state index in [0.29, 0.717) is 0 Å². The van der Waals surface area contributed by atoms with Crippen LogP contribution in [0.3, 0.4) is 0 Å². The van der Waals surface area contributed by atoms with Crippen molar-refractivity contribution in [2.24, 2.45) is 5.92 Å². The number of hydrogen-bond donors (Lipinski definition) is 1. The lowest BCUT2D eigenvalue weighted by Crippen LogP contribution is -2.55. The molecule has 3 heterocycles. The monoisotopic (exact) mass is 359 g/mol. The summed E-state index contributed by atoms with van der Waals surface area (Å²) in [6, 6.07) is 3.89. The number of piperidine rings is 2. The van der Waals surface area contributed by atoms with Crippen molar-refractivity contribution in [1.29, 1.82) is 0 Å². The SMILES string of the molecule is O=C(NC1CCN(Cc2ccco2)CC1)C1CCCCN1C(=O)C1CC1. The van der Waals surface area contributed by atoms with Crippen LogP contribution in [0.1, 0.15) is 50.7 Å². The summed E-state index contributed by atoms with van der Waals surface area (Å²) < 4.78 is 5.42. The Morgan fingerprint density at radius 3 is 2.58 bits per heavy atom. The Morgan fingerprint density at radius 1 is 1.08 bits per heavy atom. The fourth-order valence-electron chi connectivity index (χ4n) is 4.19. The lowest BCUT2D eigenvalue weighted by molar-refractivity contribution is -0.143. The highest BCUT2D eigenvalue weighted by atomic mass is 16.3. The Labute approximate surface area is 154 Å². The van der Waals surface area contributed by atoms with E-state index in [1.54, 1.807) is 6.26 Å². The largest absolute Gasteiger partial charge is 0.468 e. The fraction of sp³-hybridized carbons (Fsp3) is 0.700. The molecule has 1 aromatic heterocycles. The van der Waals surface area contributed by atoms with Crippen molar-refractivity contribution in [1.82, 2.24) is 15.1 Å². The van der Waals surface area contributed by atoms with Crippen molar-refractivity contribution in [2.45, 2.75) is 63.6 Å². The summed E-state index contributed by atoms with van der Waals surface area (Å²) in [5.41, 5.74) is 0. The van der Waals surface area contributed by atoms with Crippen LogP contribution >= 0.6 is 0 Å². The van der Waals surface area contributed by atoms with E-state index in [1.807, 2.05) is 17.0 Å². The predicted molar refractivity (Wildman–Crippen MR) is 97.2 cm³/mol. The van der Waals surface area contributed by atoms with E-state index in [9.17, 15) is 9.59 Å². The van der Waals surface area contributed by atoms with Gasteiger partial charge < -0.3 is 14.6 Å². The molecular weight excluding hydrogens is 330 g/mol. The number of likely N-dealkylation sites (tertiary alicyclic amines) is 2. The third-order valence-electron chi connectivity index (χ3n) is 5.91. The summed E-state index contributed by atoms with van der Waals surface area (Å²) in [4.78, 5) is 29.6. The molecule has 26 heavy (non-hydrogen) atoms. The smallest absolute Gasteiger partial charge is 0.243 e. The van der Waals surface area contributed by atoms with Crippen molar-refractivity contribution in [2.75, 3.05) is 19.6 Å². The molecule has 1 aliphatic carbocycles. The Kier molecular flexibility index (Phi) is 5.29. The number of amides is 2. The summed E-state index contributed by atoms with van der Waals surface area (Å²) in [6.45, 7) is 3.50. The van der Waals surface area contributed by atoms with Crippen molar-refractivity contribution in [3.05, 3.63) is 24.2 Å². The van der Waals surface area contributed by atoms with Gasteiger partial charge in [0.2, 0.25) is 11.8 Å². The molecule has 1 aromatic rings.